The van der Waals surface area contributed by atoms with Gasteiger partial charge >= 0.3 is 5.97 Å². The van der Waals surface area contributed by atoms with Crippen LogP contribution in [0.15, 0.2) is 54.3 Å². The summed E-state index contributed by atoms with van der Waals surface area (Å²) in [7, 11) is -0.269. The highest BCUT2D eigenvalue weighted by Gasteiger charge is 2.28. The molecule has 22 heavy (non-hydrogen) atoms. The molecule has 4 heteroatoms. The van der Waals surface area contributed by atoms with Crippen LogP contribution >= 0.6 is 0 Å². The van der Waals surface area contributed by atoms with Crippen molar-refractivity contribution in [3.05, 3.63) is 54.3 Å². The number of hydrogen-bond acceptors (Lipinski definition) is 3. The molecule has 118 valence electrons. The Morgan fingerprint density at radius 1 is 1.23 bits per heavy atom. The fourth-order valence-corrected chi connectivity index (χ4v) is 4.41. The molecule has 0 N–H and O–H groups in total. The molecule has 0 saturated carbocycles. The van der Waals surface area contributed by atoms with Gasteiger partial charge in [0.15, 0.2) is 6.10 Å². The molecular weight excluding hydrogens is 292 g/mol. The van der Waals surface area contributed by atoms with Crippen LogP contribution in [0, 0.1) is 5.92 Å². The summed E-state index contributed by atoms with van der Waals surface area (Å²) in [4.78, 5) is 11.6. The largest absolute Gasteiger partial charge is 0.467 e. The Morgan fingerprint density at radius 2 is 1.91 bits per heavy atom. The molecule has 1 aromatic carbocycles. The zero-order valence-electron chi connectivity index (χ0n) is 13.7. The summed E-state index contributed by atoms with van der Waals surface area (Å²) in [5.74, 6) is -0.0983. The van der Waals surface area contributed by atoms with Crippen molar-refractivity contribution in [3.63, 3.8) is 0 Å². The van der Waals surface area contributed by atoms with Crippen LogP contribution in [0.25, 0.3) is 0 Å². The van der Waals surface area contributed by atoms with Crippen LogP contribution in [-0.2, 0) is 14.3 Å². The van der Waals surface area contributed by atoms with E-state index in [2.05, 4.69) is 56.1 Å². The van der Waals surface area contributed by atoms with Crippen LogP contribution in [0.3, 0.4) is 0 Å². The monoisotopic (exact) mass is 316 g/mol. The zero-order chi connectivity index (χ0) is 16.2. The van der Waals surface area contributed by atoms with Crippen LogP contribution in [-0.4, -0.2) is 33.4 Å². The minimum Gasteiger partial charge on any atom is -0.467 e. The summed E-state index contributed by atoms with van der Waals surface area (Å²) in [6, 6.07) is 10.6. The van der Waals surface area contributed by atoms with Gasteiger partial charge in [0, 0.05) is 5.92 Å². The molecule has 0 saturated heterocycles. The molecule has 1 heterocycles. The first kappa shape index (κ1) is 16.7. The first-order valence-electron chi connectivity index (χ1n) is 7.60. The zero-order valence-corrected chi connectivity index (χ0v) is 14.7. The number of carbonyl (C=O) groups excluding carboxylic acids is 1. The Bertz CT molecular complexity index is 563. The first-order chi connectivity index (χ1) is 10.4. The lowest BCUT2D eigenvalue weighted by Crippen LogP contribution is -2.40. The van der Waals surface area contributed by atoms with E-state index in [1.165, 1.54) is 12.3 Å². The topological polar surface area (TPSA) is 35.5 Å². The van der Waals surface area contributed by atoms with E-state index in [0.717, 1.165) is 0 Å². The molecule has 0 bridgehead atoms. The van der Waals surface area contributed by atoms with Crippen molar-refractivity contribution in [3.8, 4) is 0 Å². The maximum Gasteiger partial charge on any atom is 0.339 e. The van der Waals surface area contributed by atoms with Gasteiger partial charge in [-0.15, -0.1) is 0 Å². The van der Waals surface area contributed by atoms with E-state index in [9.17, 15) is 4.79 Å². The van der Waals surface area contributed by atoms with Gasteiger partial charge in [0.25, 0.3) is 0 Å². The molecular formula is C18H24O3Si. The Hall–Kier alpha value is -1.65. The summed E-state index contributed by atoms with van der Waals surface area (Å²) in [6.45, 7) is 6.70. The molecule has 2 rings (SSSR count). The molecule has 3 nitrogen and oxygen atoms in total. The Labute approximate surface area is 133 Å². The number of methoxy groups -OCH3 is 1. The van der Waals surface area contributed by atoms with Crippen LogP contribution in [0.1, 0.15) is 6.92 Å². The number of esters is 1. The summed E-state index contributed by atoms with van der Waals surface area (Å²) in [6.07, 6.45) is 5.23. The Kier molecular flexibility index (Phi) is 5.37. The van der Waals surface area contributed by atoms with Gasteiger partial charge in [-0.05, 0) is 6.08 Å². The molecule has 0 unspecified atom stereocenters. The van der Waals surface area contributed by atoms with Crippen molar-refractivity contribution in [2.24, 2.45) is 5.92 Å². The van der Waals surface area contributed by atoms with Crippen LogP contribution in [0.5, 0.6) is 0 Å². The van der Waals surface area contributed by atoms with Crippen molar-refractivity contribution in [1.29, 1.82) is 0 Å². The minimum absolute atomic E-state index is 0.0930. The van der Waals surface area contributed by atoms with E-state index in [1.807, 2.05) is 12.1 Å². The molecule has 0 aliphatic carbocycles. The van der Waals surface area contributed by atoms with E-state index >= 15 is 0 Å². The minimum atomic E-state index is -1.65. The third kappa shape index (κ3) is 3.96. The highest BCUT2D eigenvalue weighted by Crippen LogP contribution is 2.21. The Balaban J connectivity index is 2.12. The third-order valence-electron chi connectivity index (χ3n) is 4.07. The van der Waals surface area contributed by atoms with Crippen molar-refractivity contribution in [1.82, 2.24) is 0 Å². The molecule has 0 aromatic heterocycles. The van der Waals surface area contributed by atoms with Crippen LogP contribution < -0.4 is 5.19 Å². The second-order valence-electron chi connectivity index (χ2n) is 6.24. The smallest absolute Gasteiger partial charge is 0.339 e. The van der Waals surface area contributed by atoms with E-state index in [4.69, 9.17) is 9.47 Å². The Morgan fingerprint density at radius 3 is 2.55 bits per heavy atom. The fourth-order valence-electron chi connectivity index (χ4n) is 2.49. The summed E-state index contributed by atoms with van der Waals surface area (Å²) in [5.41, 5.74) is 2.29. The standard InChI is InChI=1S/C18H24O3Si/c1-14-10-11-17(18(19)20-2)21-16(14)12-13-22(3,4)15-8-6-5-7-9-15/h5-14,16-17H,1-4H3/b13-12+/t14-,16+,17-/m0/s1. The molecule has 1 aliphatic heterocycles. The lowest BCUT2D eigenvalue weighted by Gasteiger charge is -2.28. The van der Waals surface area contributed by atoms with E-state index in [-0.39, 0.29) is 18.0 Å². The predicted octanol–water partition coefficient (Wildman–Crippen LogP) is 2.83. The second-order valence-corrected chi connectivity index (χ2v) is 10.6. The summed E-state index contributed by atoms with van der Waals surface area (Å²) >= 11 is 0. The van der Waals surface area contributed by atoms with Gasteiger partial charge in [-0.1, -0.05) is 73.4 Å². The number of carbonyl (C=O) groups is 1. The van der Waals surface area contributed by atoms with Gasteiger partial charge in [-0.25, -0.2) is 4.79 Å². The van der Waals surface area contributed by atoms with Crippen LogP contribution in [0.4, 0.5) is 0 Å². The molecule has 0 spiro atoms. The van der Waals surface area contributed by atoms with Gasteiger partial charge in [0.05, 0.1) is 13.2 Å². The van der Waals surface area contributed by atoms with Gasteiger partial charge in [0.1, 0.15) is 8.07 Å². The van der Waals surface area contributed by atoms with Crippen LogP contribution in [0.2, 0.25) is 13.1 Å². The average molecular weight is 316 g/mol. The maximum atomic E-state index is 11.6. The molecule has 1 aromatic rings. The molecule has 0 radical (unpaired) electrons. The number of benzene rings is 1. The summed E-state index contributed by atoms with van der Waals surface area (Å²) < 4.78 is 10.6. The van der Waals surface area contributed by atoms with E-state index in [0.29, 0.717) is 0 Å². The predicted molar refractivity (Wildman–Crippen MR) is 91.7 cm³/mol. The van der Waals surface area contributed by atoms with Crippen molar-refractivity contribution >= 4 is 19.2 Å². The second kappa shape index (κ2) is 7.07. The number of hydrogen-bond donors (Lipinski definition) is 0. The van der Waals surface area contributed by atoms with Crippen molar-refractivity contribution < 1.29 is 14.3 Å². The van der Waals surface area contributed by atoms with Crippen molar-refractivity contribution in [2.45, 2.75) is 32.2 Å². The first-order valence-corrected chi connectivity index (χ1v) is 10.7. The number of ether oxygens (including phenoxy) is 2. The lowest BCUT2D eigenvalue weighted by molar-refractivity contribution is -0.154. The number of rotatable bonds is 4. The lowest BCUT2D eigenvalue weighted by atomic mass is 10.0. The average Bonchev–Trinajstić information content (AvgIpc) is 2.54. The van der Waals surface area contributed by atoms with Gasteiger partial charge in [-0.3, -0.25) is 0 Å². The quantitative estimate of drug-likeness (QED) is 0.487. The van der Waals surface area contributed by atoms with Gasteiger partial charge in [-0.2, -0.15) is 0 Å². The fraction of sp³-hybridized carbons (Fsp3) is 0.389. The third-order valence-corrected chi connectivity index (χ3v) is 6.91. The van der Waals surface area contributed by atoms with Gasteiger partial charge < -0.3 is 9.47 Å². The molecule has 0 fully saturated rings. The maximum absolute atomic E-state index is 11.6. The van der Waals surface area contributed by atoms with Crippen molar-refractivity contribution in [2.75, 3.05) is 7.11 Å². The summed E-state index contributed by atoms with van der Waals surface area (Å²) in [5, 5.41) is 1.38. The molecule has 0 amide bonds. The molecule has 1 aliphatic rings. The molecule has 3 atom stereocenters. The van der Waals surface area contributed by atoms with E-state index < -0.39 is 14.2 Å². The SMILES string of the molecule is COC(=O)[C@@H]1C=C[C@H](C)[C@@H](/C=C/[Si](C)(C)c2ccccc2)O1. The normalized spacial score (nSPS) is 25.4. The highest BCUT2D eigenvalue weighted by atomic mass is 28.3. The highest BCUT2D eigenvalue weighted by molar-refractivity contribution is 6.93. The van der Waals surface area contributed by atoms with Gasteiger partial charge in [0.2, 0.25) is 0 Å². The van der Waals surface area contributed by atoms with E-state index in [1.54, 1.807) is 6.08 Å².